The summed E-state index contributed by atoms with van der Waals surface area (Å²) >= 11 is 0. The molecule has 2 rings (SSSR count). The number of hydrogen-bond acceptors (Lipinski definition) is 4. The van der Waals surface area contributed by atoms with E-state index in [-0.39, 0.29) is 18.7 Å². The third-order valence-electron chi connectivity index (χ3n) is 3.87. The minimum Gasteiger partial charge on any atom is -0.482 e. The molecule has 0 saturated carbocycles. The predicted molar refractivity (Wildman–Crippen MR) is 80.4 cm³/mol. The van der Waals surface area contributed by atoms with Crippen LogP contribution in [0.3, 0.4) is 0 Å². The van der Waals surface area contributed by atoms with Gasteiger partial charge in [-0.05, 0) is 62.6 Å². The van der Waals surface area contributed by atoms with Crippen molar-refractivity contribution in [2.24, 2.45) is 5.92 Å². The van der Waals surface area contributed by atoms with Gasteiger partial charge in [-0.2, -0.15) is 0 Å². The van der Waals surface area contributed by atoms with Gasteiger partial charge in [0.05, 0.1) is 12.7 Å². The Morgan fingerprint density at radius 2 is 2.29 bits per heavy atom. The van der Waals surface area contributed by atoms with Gasteiger partial charge in [-0.15, -0.1) is 0 Å². The molecule has 0 spiro atoms. The minimum atomic E-state index is -0.335. The van der Waals surface area contributed by atoms with E-state index in [2.05, 4.69) is 6.07 Å². The van der Waals surface area contributed by atoms with Crippen molar-refractivity contribution in [1.82, 2.24) is 0 Å². The van der Waals surface area contributed by atoms with Crippen molar-refractivity contribution >= 4 is 5.97 Å². The van der Waals surface area contributed by atoms with Gasteiger partial charge in [0.2, 0.25) is 0 Å². The molecule has 2 atom stereocenters. The molecule has 1 aliphatic carbocycles. The highest BCUT2D eigenvalue weighted by Gasteiger charge is 2.22. The molecule has 0 heterocycles. The lowest BCUT2D eigenvalue weighted by Crippen LogP contribution is -2.20. The second-order valence-electron chi connectivity index (χ2n) is 5.68. The number of fused-ring (bicyclic) bond motifs is 1. The van der Waals surface area contributed by atoms with Crippen LogP contribution in [0.25, 0.3) is 0 Å². The Labute approximate surface area is 126 Å². The first kappa shape index (κ1) is 15.8. The summed E-state index contributed by atoms with van der Waals surface area (Å²) in [6.45, 7) is 3.95. The minimum absolute atomic E-state index is 0.0403. The number of carbonyl (C=O) groups excluding carboxylic acids is 1. The van der Waals surface area contributed by atoms with Gasteiger partial charge < -0.3 is 14.6 Å². The van der Waals surface area contributed by atoms with E-state index in [0.717, 1.165) is 31.4 Å². The lowest BCUT2D eigenvalue weighted by molar-refractivity contribution is -0.145. The summed E-state index contributed by atoms with van der Waals surface area (Å²) in [5.41, 5.74) is 2.47. The zero-order valence-corrected chi connectivity index (χ0v) is 12.8. The molecule has 1 aromatic rings. The van der Waals surface area contributed by atoms with Crippen molar-refractivity contribution in [2.45, 2.75) is 45.6 Å². The Bertz CT molecular complexity index is 482. The highest BCUT2D eigenvalue weighted by molar-refractivity contribution is 5.71. The molecule has 0 fully saturated rings. The molecule has 116 valence electrons. The van der Waals surface area contributed by atoms with Gasteiger partial charge in [0, 0.05) is 0 Å². The maximum absolute atomic E-state index is 11.4. The van der Waals surface area contributed by atoms with Crippen LogP contribution in [-0.2, 0) is 22.4 Å². The Morgan fingerprint density at radius 1 is 1.48 bits per heavy atom. The number of benzene rings is 1. The molecule has 1 aliphatic rings. The van der Waals surface area contributed by atoms with Gasteiger partial charge in [0.1, 0.15) is 5.75 Å². The van der Waals surface area contributed by atoms with Crippen LogP contribution in [0.1, 0.15) is 37.8 Å². The van der Waals surface area contributed by atoms with Crippen LogP contribution in [0.15, 0.2) is 18.2 Å². The summed E-state index contributed by atoms with van der Waals surface area (Å²) in [5.74, 6) is 0.978. The molecule has 1 N–H and O–H groups in total. The maximum atomic E-state index is 11.4. The highest BCUT2D eigenvalue weighted by Crippen LogP contribution is 2.33. The second kappa shape index (κ2) is 7.46. The molecule has 2 unspecified atom stereocenters. The molecule has 0 bridgehead atoms. The number of aliphatic hydroxyl groups is 1. The van der Waals surface area contributed by atoms with Gasteiger partial charge in [0.15, 0.2) is 6.61 Å². The maximum Gasteiger partial charge on any atom is 0.344 e. The normalized spacial score (nSPS) is 18.7. The van der Waals surface area contributed by atoms with Gasteiger partial charge in [-0.1, -0.05) is 12.1 Å². The third-order valence-corrected chi connectivity index (χ3v) is 3.87. The Hall–Kier alpha value is -1.55. The van der Waals surface area contributed by atoms with Crippen LogP contribution in [0.2, 0.25) is 0 Å². The van der Waals surface area contributed by atoms with Crippen LogP contribution in [0, 0.1) is 5.92 Å². The molecule has 0 saturated heterocycles. The van der Waals surface area contributed by atoms with Crippen LogP contribution in [0.5, 0.6) is 5.75 Å². The number of carbonyl (C=O) groups is 1. The number of aliphatic hydroxyl groups excluding tert-OH is 1. The summed E-state index contributed by atoms with van der Waals surface area (Å²) < 4.78 is 10.5. The van der Waals surface area contributed by atoms with Crippen LogP contribution < -0.4 is 4.74 Å². The second-order valence-corrected chi connectivity index (χ2v) is 5.68. The zero-order valence-electron chi connectivity index (χ0n) is 12.8. The first-order valence-corrected chi connectivity index (χ1v) is 7.67. The summed E-state index contributed by atoms with van der Waals surface area (Å²) in [6, 6.07) is 5.98. The fraction of sp³-hybridized carbons (Fsp3) is 0.588. The van der Waals surface area contributed by atoms with E-state index in [0.29, 0.717) is 12.5 Å². The average Bonchev–Trinajstić information content (AvgIpc) is 2.44. The summed E-state index contributed by atoms with van der Waals surface area (Å²) in [5, 5.41) is 9.53. The quantitative estimate of drug-likeness (QED) is 0.819. The molecule has 0 aliphatic heterocycles. The van der Waals surface area contributed by atoms with Crippen molar-refractivity contribution in [3.8, 4) is 5.75 Å². The lowest BCUT2D eigenvalue weighted by atomic mass is 9.81. The molecule has 4 nitrogen and oxygen atoms in total. The lowest BCUT2D eigenvalue weighted by Gasteiger charge is -2.27. The Kier molecular flexibility index (Phi) is 5.62. The standard InChI is InChI=1S/C17H24O4/c1-3-20-17(19)11-21-16-6-4-5-14-10-13(9-12(2)18)7-8-15(14)16/h4-6,12-13,18H,3,7-11H2,1-2H3. The number of rotatable bonds is 6. The summed E-state index contributed by atoms with van der Waals surface area (Å²) in [7, 11) is 0. The van der Waals surface area contributed by atoms with Crippen LogP contribution in [0.4, 0.5) is 0 Å². The van der Waals surface area contributed by atoms with E-state index in [4.69, 9.17) is 9.47 Å². The van der Waals surface area contributed by atoms with Gasteiger partial charge in [0.25, 0.3) is 0 Å². The fourth-order valence-electron chi connectivity index (χ4n) is 3.01. The molecule has 0 radical (unpaired) electrons. The molecule has 1 aromatic carbocycles. The summed E-state index contributed by atoms with van der Waals surface area (Å²) in [4.78, 5) is 11.4. The third kappa shape index (κ3) is 4.46. The average molecular weight is 292 g/mol. The van der Waals surface area contributed by atoms with Crippen LogP contribution >= 0.6 is 0 Å². The van der Waals surface area contributed by atoms with E-state index in [1.165, 1.54) is 11.1 Å². The molecule has 4 heteroatoms. The molecule has 0 aromatic heterocycles. The number of hydrogen-bond donors (Lipinski definition) is 1. The molecular weight excluding hydrogens is 268 g/mol. The fourth-order valence-corrected chi connectivity index (χ4v) is 3.01. The predicted octanol–water partition coefficient (Wildman–Crippen LogP) is 2.50. The SMILES string of the molecule is CCOC(=O)COc1cccc2c1CCC(CC(C)O)C2. The Balaban J connectivity index is 2.01. The highest BCUT2D eigenvalue weighted by atomic mass is 16.6. The van der Waals surface area contributed by atoms with Gasteiger partial charge >= 0.3 is 5.97 Å². The van der Waals surface area contributed by atoms with E-state index in [9.17, 15) is 9.90 Å². The van der Waals surface area contributed by atoms with Crippen LogP contribution in [-0.4, -0.2) is 30.4 Å². The monoisotopic (exact) mass is 292 g/mol. The molecular formula is C17H24O4. The topological polar surface area (TPSA) is 55.8 Å². The van der Waals surface area contributed by atoms with Crippen molar-refractivity contribution in [2.75, 3.05) is 13.2 Å². The summed E-state index contributed by atoms with van der Waals surface area (Å²) in [6.07, 6.45) is 3.55. The zero-order chi connectivity index (χ0) is 15.2. The van der Waals surface area contributed by atoms with Gasteiger partial charge in [-0.3, -0.25) is 0 Å². The smallest absolute Gasteiger partial charge is 0.344 e. The van der Waals surface area contributed by atoms with E-state index in [1.54, 1.807) is 6.92 Å². The molecule has 21 heavy (non-hydrogen) atoms. The largest absolute Gasteiger partial charge is 0.482 e. The Morgan fingerprint density at radius 3 is 3.00 bits per heavy atom. The first-order valence-electron chi connectivity index (χ1n) is 7.67. The van der Waals surface area contributed by atoms with Crippen molar-refractivity contribution in [3.05, 3.63) is 29.3 Å². The van der Waals surface area contributed by atoms with Crippen molar-refractivity contribution in [3.63, 3.8) is 0 Å². The van der Waals surface area contributed by atoms with Crippen molar-refractivity contribution < 1.29 is 19.4 Å². The van der Waals surface area contributed by atoms with E-state index in [1.807, 2.05) is 19.1 Å². The van der Waals surface area contributed by atoms with Crippen molar-refractivity contribution in [1.29, 1.82) is 0 Å². The van der Waals surface area contributed by atoms with E-state index < -0.39 is 0 Å². The first-order chi connectivity index (χ1) is 10.1. The molecule has 0 amide bonds. The number of esters is 1. The number of ether oxygens (including phenoxy) is 2. The van der Waals surface area contributed by atoms with E-state index >= 15 is 0 Å². The van der Waals surface area contributed by atoms with Gasteiger partial charge in [-0.25, -0.2) is 4.79 Å².